The van der Waals surface area contributed by atoms with E-state index in [1.807, 2.05) is 18.2 Å². The van der Waals surface area contributed by atoms with Crippen LogP contribution in [-0.2, 0) is 9.59 Å². The number of aliphatic hydroxyl groups is 1. The molecule has 0 bridgehead atoms. The van der Waals surface area contributed by atoms with E-state index in [2.05, 4.69) is 16.0 Å². The fourth-order valence-electron chi connectivity index (χ4n) is 2.48. The predicted octanol–water partition coefficient (Wildman–Crippen LogP) is 2.22. The van der Waals surface area contributed by atoms with Crippen LogP contribution in [-0.4, -0.2) is 29.6 Å². The van der Waals surface area contributed by atoms with E-state index in [1.165, 1.54) is 6.08 Å². The number of hydrogen-bond donors (Lipinski definition) is 4. The van der Waals surface area contributed by atoms with E-state index in [9.17, 15) is 14.7 Å². The van der Waals surface area contributed by atoms with Crippen LogP contribution in [0.4, 0.5) is 11.4 Å². The van der Waals surface area contributed by atoms with E-state index in [1.54, 1.807) is 30.3 Å². The highest BCUT2D eigenvalue weighted by atomic mass is 35.5. The van der Waals surface area contributed by atoms with E-state index < -0.39 is 18.6 Å². The molecule has 0 aliphatic carbocycles. The number of rotatable bonds is 3. The highest BCUT2D eigenvalue weighted by Gasteiger charge is 2.25. The maximum Gasteiger partial charge on any atom is 0.250 e. The van der Waals surface area contributed by atoms with E-state index in [4.69, 9.17) is 11.6 Å². The molecule has 2 aromatic rings. The van der Waals surface area contributed by atoms with Crippen molar-refractivity contribution in [3.8, 4) is 0 Å². The van der Waals surface area contributed by atoms with Gasteiger partial charge in [0.05, 0.1) is 12.3 Å². The van der Waals surface area contributed by atoms with Gasteiger partial charge in [0.2, 0.25) is 11.8 Å². The fraction of sp³-hybridized carbons (Fsp3) is 0.111. The summed E-state index contributed by atoms with van der Waals surface area (Å²) >= 11 is 5.99. The molecule has 0 radical (unpaired) electrons. The Kier molecular flexibility index (Phi) is 5.02. The minimum absolute atomic E-state index is 0.361. The number of anilines is 2. The third-order valence-electron chi connectivity index (χ3n) is 3.68. The lowest BCUT2D eigenvalue weighted by molar-refractivity contribution is -0.118. The topological polar surface area (TPSA) is 90.5 Å². The van der Waals surface area contributed by atoms with Crippen LogP contribution in [0.25, 0.3) is 5.70 Å². The quantitative estimate of drug-likeness (QED) is 0.634. The third kappa shape index (κ3) is 3.99. The molecule has 6 nitrogen and oxygen atoms in total. The molecule has 0 spiro atoms. The minimum Gasteiger partial charge on any atom is -0.394 e. The fourth-order valence-corrected chi connectivity index (χ4v) is 2.66. The van der Waals surface area contributed by atoms with Gasteiger partial charge < -0.3 is 21.1 Å². The Morgan fingerprint density at radius 1 is 1.24 bits per heavy atom. The third-order valence-corrected chi connectivity index (χ3v) is 3.91. The van der Waals surface area contributed by atoms with Crippen molar-refractivity contribution >= 4 is 40.5 Å². The Hall–Kier alpha value is -2.83. The second kappa shape index (κ2) is 7.38. The Balaban J connectivity index is 1.95. The Morgan fingerprint density at radius 3 is 2.72 bits per heavy atom. The van der Waals surface area contributed by atoms with E-state index >= 15 is 0 Å². The number of nitrogens with one attached hydrogen (secondary N) is 3. The molecule has 1 aliphatic rings. The van der Waals surface area contributed by atoms with Gasteiger partial charge in [0.15, 0.2) is 0 Å². The number of para-hydroxylation sites is 1. The molecule has 1 heterocycles. The van der Waals surface area contributed by atoms with E-state index in [0.29, 0.717) is 27.7 Å². The maximum absolute atomic E-state index is 12.3. The molecule has 0 saturated carbocycles. The first-order valence-electron chi connectivity index (χ1n) is 7.63. The van der Waals surface area contributed by atoms with Crippen molar-refractivity contribution in [3.05, 3.63) is 65.2 Å². The van der Waals surface area contributed by atoms with Crippen LogP contribution in [0, 0.1) is 0 Å². The van der Waals surface area contributed by atoms with Crippen LogP contribution in [0.3, 0.4) is 0 Å². The first-order chi connectivity index (χ1) is 12.1. The zero-order valence-corrected chi connectivity index (χ0v) is 13.9. The lowest BCUT2D eigenvalue weighted by Gasteiger charge is -2.14. The number of fused-ring (bicyclic) bond motifs is 1. The number of hydrogen-bond acceptors (Lipinski definition) is 4. The summed E-state index contributed by atoms with van der Waals surface area (Å²) in [7, 11) is 0. The van der Waals surface area contributed by atoms with Crippen LogP contribution in [0.15, 0.2) is 54.6 Å². The Morgan fingerprint density at radius 2 is 2.00 bits per heavy atom. The van der Waals surface area contributed by atoms with Crippen molar-refractivity contribution in [2.24, 2.45) is 0 Å². The van der Waals surface area contributed by atoms with Gasteiger partial charge in [-0.1, -0.05) is 29.8 Å². The first-order valence-corrected chi connectivity index (χ1v) is 8.00. The minimum atomic E-state index is -0.873. The van der Waals surface area contributed by atoms with Gasteiger partial charge in [-0.3, -0.25) is 9.59 Å². The average molecular weight is 358 g/mol. The molecule has 2 amide bonds. The molecule has 3 rings (SSSR count). The van der Waals surface area contributed by atoms with Crippen molar-refractivity contribution in [2.75, 3.05) is 17.2 Å². The second-order valence-electron chi connectivity index (χ2n) is 5.47. The van der Waals surface area contributed by atoms with Crippen molar-refractivity contribution < 1.29 is 14.7 Å². The number of halogens is 1. The molecule has 0 aromatic heterocycles. The summed E-state index contributed by atoms with van der Waals surface area (Å²) in [5.74, 6) is -0.765. The molecule has 25 heavy (non-hydrogen) atoms. The largest absolute Gasteiger partial charge is 0.394 e. The van der Waals surface area contributed by atoms with Crippen LogP contribution < -0.4 is 16.0 Å². The standard InChI is InChI=1S/C18H16ClN3O3/c19-11-6-7-13-14(8-11)22-18(25)16(10-23)21-15(13)9-17(24)20-12-4-2-1-3-5-12/h1-9,16,21,23H,10H2,(H,20,24)(H,22,25)/b15-9-. The van der Waals surface area contributed by atoms with Crippen molar-refractivity contribution in [2.45, 2.75) is 6.04 Å². The molecule has 0 saturated heterocycles. The molecule has 128 valence electrons. The van der Waals surface area contributed by atoms with Gasteiger partial charge in [-0.25, -0.2) is 0 Å². The van der Waals surface area contributed by atoms with Crippen LogP contribution in [0.2, 0.25) is 5.02 Å². The SMILES string of the molecule is O=C(/C=C1\NC(CO)C(=O)Nc2cc(Cl)ccc21)Nc1ccccc1. The smallest absolute Gasteiger partial charge is 0.250 e. The molecule has 1 unspecified atom stereocenters. The summed E-state index contributed by atoms with van der Waals surface area (Å²) in [5, 5.41) is 18.2. The van der Waals surface area contributed by atoms with Gasteiger partial charge >= 0.3 is 0 Å². The van der Waals surface area contributed by atoms with Crippen LogP contribution in [0.5, 0.6) is 0 Å². The van der Waals surface area contributed by atoms with Gasteiger partial charge in [0.25, 0.3) is 0 Å². The summed E-state index contributed by atoms with van der Waals surface area (Å²) in [5.41, 5.74) is 2.15. The molecule has 4 N–H and O–H groups in total. The lowest BCUT2D eigenvalue weighted by Crippen LogP contribution is -2.40. The molecule has 1 aliphatic heterocycles. The first kappa shape index (κ1) is 17.0. The Labute approximate surface area is 149 Å². The van der Waals surface area contributed by atoms with Gasteiger partial charge in [-0.2, -0.15) is 0 Å². The summed E-state index contributed by atoms with van der Waals surface area (Å²) < 4.78 is 0. The second-order valence-corrected chi connectivity index (χ2v) is 5.91. The summed E-state index contributed by atoms with van der Waals surface area (Å²) in [6.45, 7) is -0.412. The highest BCUT2D eigenvalue weighted by Crippen LogP contribution is 2.28. The number of aliphatic hydroxyl groups excluding tert-OH is 1. The number of carbonyl (C=O) groups is 2. The van der Waals surface area contributed by atoms with E-state index in [0.717, 1.165) is 0 Å². The van der Waals surface area contributed by atoms with Crippen molar-refractivity contribution in [3.63, 3.8) is 0 Å². The number of benzene rings is 2. The molecular formula is C18H16ClN3O3. The van der Waals surface area contributed by atoms with Gasteiger partial charge in [-0.05, 0) is 30.3 Å². The molecule has 0 fully saturated rings. The normalized spacial score (nSPS) is 17.9. The van der Waals surface area contributed by atoms with Gasteiger partial charge in [0, 0.05) is 28.0 Å². The summed E-state index contributed by atoms with van der Waals surface area (Å²) in [6.07, 6.45) is 1.35. The molecule has 7 heteroatoms. The molecule has 2 aromatic carbocycles. The Bertz CT molecular complexity index is 837. The van der Waals surface area contributed by atoms with Gasteiger partial charge in [-0.15, -0.1) is 0 Å². The number of amides is 2. The lowest BCUT2D eigenvalue weighted by atomic mass is 10.1. The maximum atomic E-state index is 12.3. The molecule has 1 atom stereocenters. The monoisotopic (exact) mass is 357 g/mol. The van der Waals surface area contributed by atoms with Gasteiger partial charge in [0.1, 0.15) is 6.04 Å². The highest BCUT2D eigenvalue weighted by molar-refractivity contribution is 6.31. The summed E-state index contributed by atoms with van der Waals surface area (Å²) in [6, 6.07) is 13.1. The van der Waals surface area contributed by atoms with E-state index in [-0.39, 0.29) is 5.91 Å². The van der Waals surface area contributed by atoms with Crippen molar-refractivity contribution in [1.82, 2.24) is 5.32 Å². The van der Waals surface area contributed by atoms with Crippen molar-refractivity contribution in [1.29, 1.82) is 0 Å². The zero-order chi connectivity index (χ0) is 17.8. The molecular weight excluding hydrogens is 342 g/mol. The van der Waals surface area contributed by atoms with Crippen LogP contribution in [0.1, 0.15) is 5.56 Å². The average Bonchev–Trinajstić information content (AvgIpc) is 2.71. The predicted molar refractivity (Wildman–Crippen MR) is 97.1 cm³/mol. The zero-order valence-electron chi connectivity index (χ0n) is 13.1. The number of carbonyl (C=O) groups excluding carboxylic acids is 2. The van der Waals surface area contributed by atoms with Crippen LogP contribution >= 0.6 is 11.6 Å². The summed E-state index contributed by atoms with van der Waals surface area (Å²) in [4.78, 5) is 24.5.